The van der Waals surface area contributed by atoms with Crippen molar-refractivity contribution in [3.05, 3.63) is 78.4 Å². The van der Waals surface area contributed by atoms with Gasteiger partial charge in [-0.2, -0.15) is 0 Å². The second-order valence-electron chi connectivity index (χ2n) is 8.64. The van der Waals surface area contributed by atoms with E-state index in [-0.39, 0.29) is 43.8 Å². The maximum atomic E-state index is 13.2. The van der Waals surface area contributed by atoms with Crippen LogP contribution in [-0.4, -0.2) is 51.2 Å². The number of esters is 1. The molecule has 0 bridgehead atoms. The summed E-state index contributed by atoms with van der Waals surface area (Å²) in [5.41, 5.74) is 4.48. The van der Waals surface area contributed by atoms with Gasteiger partial charge in [0.15, 0.2) is 0 Å². The number of nitrogens with zero attached hydrogens (tertiary/aromatic N) is 4. The lowest BCUT2D eigenvalue weighted by molar-refractivity contribution is -0.393. The van der Waals surface area contributed by atoms with Gasteiger partial charge in [0, 0.05) is 31.2 Å². The van der Waals surface area contributed by atoms with Crippen molar-refractivity contribution in [1.29, 1.82) is 0 Å². The second-order valence-corrected chi connectivity index (χ2v) is 8.64. The number of primary amides is 1. The minimum atomic E-state index is -1.28. The lowest BCUT2D eigenvalue weighted by Gasteiger charge is -2.27. The Morgan fingerprint density at radius 1 is 1.00 bits per heavy atom. The summed E-state index contributed by atoms with van der Waals surface area (Å²) in [6.45, 7) is -0.0163. The third kappa shape index (κ3) is 7.21. The SMILES string of the molecule is NC(=O)CC[C@@H](NC(=O)[C@H]1CCCN1c1ccc([N+](=O)[O-])cc1[N+](=O)[O-])C(=O)OCc1ccc([N+](=O)[O-])cc1. The molecule has 3 N–H and O–H groups in total. The smallest absolute Gasteiger partial charge is 0.328 e. The molecular weight excluding hydrogens is 520 g/mol. The van der Waals surface area contributed by atoms with Gasteiger partial charge in [0.1, 0.15) is 24.4 Å². The van der Waals surface area contributed by atoms with Crippen molar-refractivity contribution in [2.45, 2.75) is 44.4 Å². The standard InChI is InChI=1S/C23H24N6O10/c24-21(30)10-8-17(23(32)39-13-14-3-5-15(6-4-14)27(33)34)25-22(31)19-2-1-11-26(19)18-9-7-16(28(35)36)12-20(18)29(37)38/h3-7,9,12,17,19H,1-2,8,10-11,13H2,(H2,24,30)(H,25,31)/t17-,19-/m1/s1. The summed E-state index contributed by atoms with van der Waals surface area (Å²) < 4.78 is 5.24. The fraction of sp³-hybridized carbons (Fsp3) is 0.348. The number of nitrogens with one attached hydrogen (secondary N) is 1. The summed E-state index contributed by atoms with van der Waals surface area (Å²) in [6, 6.07) is 6.16. The Morgan fingerprint density at radius 3 is 2.23 bits per heavy atom. The number of amides is 2. The molecule has 206 valence electrons. The van der Waals surface area contributed by atoms with Crippen LogP contribution in [0.25, 0.3) is 0 Å². The third-order valence-electron chi connectivity index (χ3n) is 6.04. The Hall–Kier alpha value is -5.15. The van der Waals surface area contributed by atoms with Crippen LogP contribution in [0.5, 0.6) is 0 Å². The molecule has 1 fully saturated rings. The summed E-state index contributed by atoms with van der Waals surface area (Å²) >= 11 is 0. The van der Waals surface area contributed by atoms with Crippen molar-refractivity contribution in [1.82, 2.24) is 5.32 Å². The Balaban J connectivity index is 1.75. The molecule has 1 heterocycles. The average molecular weight is 544 g/mol. The number of hydrogen-bond acceptors (Lipinski definition) is 11. The van der Waals surface area contributed by atoms with Gasteiger partial charge in [-0.3, -0.25) is 39.9 Å². The second kappa shape index (κ2) is 12.4. The van der Waals surface area contributed by atoms with Gasteiger partial charge >= 0.3 is 5.97 Å². The van der Waals surface area contributed by atoms with Gasteiger partial charge in [0.2, 0.25) is 11.8 Å². The van der Waals surface area contributed by atoms with Crippen LogP contribution in [0.4, 0.5) is 22.7 Å². The van der Waals surface area contributed by atoms with E-state index in [1.54, 1.807) is 0 Å². The van der Waals surface area contributed by atoms with E-state index in [0.29, 0.717) is 12.0 Å². The first kappa shape index (κ1) is 28.4. The van der Waals surface area contributed by atoms with Gasteiger partial charge in [-0.1, -0.05) is 0 Å². The molecule has 0 spiro atoms. The van der Waals surface area contributed by atoms with Gasteiger partial charge < -0.3 is 20.7 Å². The average Bonchev–Trinajstić information content (AvgIpc) is 3.39. The number of non-ortho nitro benzene ring substituents is 2. The van der Waals surface area contributed by atoms with Crippen molar-refractivity contribution in [3.63, 3.8) is 0 Å². The molecule has 16 heteroatoms. The van der Waals surface area contributed by atoms with Crippen LogP contribution in [0.15, 0.2) is 42.5 Å². The lowest BCUT2D eigenvalue weighted by atomic mass is 10.1. The Labute approximate surface area is 220 Å². The number of carbonyl (C=O) groups excluding carboxylic acids is 3. The minimum Gasteiger partial charge on any atom is -0.459 e. The Bertz CT molecular complexity index is 1300. The van der Waals surface area contributed by atoms with Crippen molar-refractivity contribution in [2.75, 3.05) is 11.4 Å². The number of ether oxygens (including phenoxy) is 1. The monoisotopic (exact) mass is 544 g/mol. The highest BCUT2D eigenvalue weighted by molar-refractivity contribution is 5.91. The molecule has 2 atom stereocenters. The molecule has 0 aliphatic carbocycles. The van der Waals surface area contributed by atoms with Gasteiger partial charge in [-0.05, 0) is 43.0 Å². The highest BCUT2D eigenvalue weighted by Crippen LogP contribution is 2.36. The summed E-state index contributed by atoms with van der Waals surface area (Å²) in [5, 5.41) is 36.0. The topological polar surface area (TPSA) is 231 Å². The summed E-state index contributed by atoms with van der Waals surface area (Å²) in [7, 11) is 0. The van der Waals surface area contributed by atoms with Crippen LogP contribution in [0.3, 0.4) is 0 Å². The summed E-state index contributed by atoms with van der Waals surface area (Å²) in [4.78, 5) is 70.1. The zero-order valence-electron chi connectivity index (χ0n) is 20.4. The highest BCUT2D eigenvalue weighted by Gasteiger charge is 2.37. The first-order valence-electron chi connectivity index (χ1n) is 11.7. The predicted molar refractivity (Wildman–Crippen MR) is 133 cm³/mol. The molecule has 2 amide bonds. The zero-order valence-corrected chi connectivity index (χ0v) is 20.4. The van der Waals surface area contributed by atoms with Gasteiger partial charge in [-0.15, -0.1) is 0 Å². The number of nitrogens with two attached hydrogens (primary N) is 1. The van der Waals surface area contributed by atoms with Crippen LogP contribution in [0.1, 0.15) is 31.2 Å². The maximum Gasteiger partial charge on any atom is 0.328 e. The largest absolute Gasteiger partial charge is 0.459 e. The predicted octanol–water partition coefficient (Wildman–Crippen LogP) is 1.87. The van der Waals surface area contributed by atoms with E-state index in [1.807, 2.05) is 0 Å². The highest BCUT2D eigenvalue weighted by atomic mass is 16.6. The quantitative estimate of drug-likeness (QED) is 0.222. The van der Waals surface area contributed by atoms with E-state index in [0.717, 1.165) is 12.1 Å². The molecule has 0 saturated carbocycles. The van der Waals surface area contributed by atoms with Crippen molar-refractivity contribution >= 4 is 40.5 Å². The maximum absolute atomic E-state index is 13.2. The van der Waals surface area contributed by atoms with E-state index >= 15 is 0 Å². The van der Waals surface area contributed by atoms with E-state index in [2.05, 4.69) is 5.32 Å². The molecule has 1 saturated heterocycles. The van der Waals surface area contributed by atoms with Crippen LogP contribution in [0, 0.1) is 30.3 Å². The minimum absolute atomic E-state index is 0.0117. The summed E-state index contributed by atoms with van der Waals surface area (Å²) in [5.74, 6) is -2.27. The molecule has 39 heavy (non-hydrogen) atoms. The van der Waals surface area contributed by atoms with Gasteiger partial charge in [0.05, 0.1) is 20.8 Å². The number of nitro groups is 3. The van der Waals surface area contributed by atoms with Crippen LogP contribution >= 0.6 is 0 Å². The molecular formula is C23H24N6O10. The molecule has 0 unspecified atom stereocenters. The van der Waals surface area contributed by atoms with Crippen molar-refractivity contribution in [3.8, 4) is 0 Å². The molecule has 2 aromatic carbocycles. The number of hydrogen-bond donors (Lipinski definition) is 2. The van der Waals surface area contributed by atoms with E-state index < -0.39 is 56.0 Å². The fourth-order valence-electron chi connectivity index (χ4n) is 4.11. The molecule has 0 radical (unpaired) electrons. The third-order valence-corrected chi connectivity index (χ3v) is 6.04. The summed E-state index contributed by atoms with van der Waals surface area (Å²) in [6.07, 6.45) is 0.327. The molecule has 3 rings (SSSR count). The van der Waals surface area contributed by atoms with E-state index in [9.17, 15) is 44.7 Å². The molecule has 0 aromatic heterocycles. The Morgan fingerprint density at radius 2 is 1.64 bits per heavy atom. The normalized spacial score (nSPS) is 15.3. The number of benzene rings is 2. The van der Waals surface area contributed by atoms with Crippen LogP contribution < -0.4 is 16.0 Å². The number of anilines is 1. The first-order chi connectivity index (χ1) is 18.5. The van der Waals surface area contributed by atoms with Crippen LogP contribution in [0.2, 0.25) is 0 Å². The van der Waals surface area contributed by atoms with E-state index in [1.165, 1.54) is 35.2 Å². The number of rotatable bonds is 12. The van der Waals surface area contributed by atoms with Gasteiger partial charge in [-0.25, -0.2) is 4.79 Å². The number of carbonyl (C=O) groups is 3. The van der Waals surface area contributed by atoms with Crippen LogP contribution in [-0.2, 0) is 25.7 Å². The Kier molecular flexibility index (Phi) is 9.03. The lowest BCUT2D eigenvalue weighted by Crippen LogP contribution is -2.50. The fourth-order valence-corrected chi connectivity index (χ4v) is 4.11. The molecule has 1 aliphatic heterocycles. The number of nitro benzene ring substituents is 3. The molecule has 16 nitrogen and oxygen atoms in total. The molecule has 1 aliphatic rings. The van der Waals surface area contributed by atoms with E-state index in [4.69, 9.17) is 10.5 Å². The molecule has 2 aromatic rings. The van der Waals surface area contributed by atoms with Gasteiger partial charge in [0.25, 0.3) is 17.1 Å². The zero-order chi connectivity index (χ0) is 28.7. The van der Waals surface area contributed by atoms with Crippen molar-refractivity contribution < 1.29 is 33.9 Å². The first-order valence-corrected chi connectivity index (χ1v) is 11.7. The van der Waals surface area contributed by atoms with Crippen molar-refractivity contribution in [2.24, 2.45) is 5.73 Å².